The Kier molecular flexibility index (Phi) is 6.79. The molecule has 0 aliphatic carbocycles. The van der Waals surface area contributed by atoms with Gasteiger partial charge in [-0.15, -0.1) is 11.8 Å². The van der Waals surface area contributed by atoms with E-state index in [1.807, 2.05) is 25.3 Å². The normalized spacial score (nSPS) is 12.5. The van der Waals surface area contributed by atoms with Gasteiger partial charge in [0.15, 0.2) is 12.4 Å². The van der Waals surface area contributed by atoms with Crippen LogP contribution in [-0.2, 0) is 4.74 Å². The predicted molar refractivity (Wildman–Crippen MR) is 128 cm³/mol. The highest BCUT2D eigenvalue weighted by atomic mass is 32.2. The van der Waals surface area contributed by atoms with Gasteiger partial charge in [0.1, 0.15) is 5.75 Å². The Hall–Kier alpha value is -3.91. The van der Waals surface area contributed by atoms with Crippen molar-refractivity contribution in [1.82, 2.24) is 0 Å². The number of fused-ring (bicyclic) bond motifs is 1. The summed E-state index contributed by atoms with van der Waals surface area (Å²) < 4.78 is 10.5. The number of ketones is 1. The van der Waals surface area contributed by atoms with Crippen LogP contribution in [0.1, 0.15) is 48.4 Å². The van der Waals surface area contributed by atoms with Crippen LogP contribution in [0.25, 0.3) is 0 Å². The molecule has 0 aromatic heterocycles. The van der Waals surface area contributed by atoms with E-state index in [0.717, 1.165) is 9.80 Å². The smallest absolute Gasteiger partial charge is 0.338 e. The van der Waals surface area contributed by atoms with E-state index in [-0.39, 0.29) is 22.5 Å². The van der Waals surface area contributed by atoms with E-state index in [0.29, 0.717) is 23.6 Å². The van der Waals surface area contributed by atoms with Gasteiger partial charge in [-0.05, 0) is 67.8 Å². The number of esters is 1. The average Bonchev–Trinajstić information content (AvgIpc) is 3.12. The average molecular weight is 476 g/mol. The van der Waals surface area contributed by atoms with E-state index in [1.54, 1.807) is 48.2 Å². The summed E-state index contributed by atoms with van der Waals surface area (Å²) in [7, 11) is 0. The zero-order valence-electron chi connectivity index (χ0n) is 18.6. The van der Waals surface area contributed by atoms with E-state index in [4.69, 9.17) is 9.47 Å². The highest BCUT2D eigenvalue weighted by Crippen LogP contribution is 2.30. The van der Waals surface area contributed by atoms with Crippen LogP contribution in [0.4, 0.5) is 5.69 Å². The molecule has 1 aliphatic rings. The lowest BCUT2D eigenvalue weighted by Gasteiger charge is -2.14. The maximum absolute atomic E-state index is 13.0. The van der Waals surface area contributed by atoms with Gasteiger partial charge in [-0.3, -0.25) is 14.4 Å². The minimum absolute atomic E-state index is 0.0824. The number of thioether (sulfide) groups is 1. The Balaban J connectivity index is 1.46. The summed E-state index contributed by atoms with van der Waals surface area (Å²) in [4.78, 5) is 52.7. The van der Waals surface area contributed by atoms with Crippen molar-refractivity contribution in [3.05, 3.63) is 89.0 Å². The molecule has 4 rings (SSSR count). The van der Waals surface area contributed by atoms with Crippen molar-refractivity contribution in [2.75, 3.05) is 24.4 Å². The maximum atomic E-state index is 13.0. The van der Waals surface area contributed by atoms with Crippen LogP contribution in [0.3, 0.4) is 0 Å². The first-order valence-electron chi connectivity index (χ1n) is 10.5. The van der Waals surface area contributed by atoms with Gasteiger partial charge in [-0.2, -0.15) is 0 Å². The molecule has 0 fully saturated rings. The molecular weight excluding hydrogens is 454 g/mol. The van der Waals surface area contributed by atoms with Gasteiger partial charge in [-0.1, -0.05) is 12.1 Å². The van der Waals surface area contributed by atoms with Gasteiger partial charge in [-0.25, -0.2) is 9.69 Å². The number of Topliss-reactive ketones (excluding diaryl/α,β-unsaturated/α-hetero) is 1. The fraction of sp³-hybridized carbons (Fsp3) is 0.154. The van der Waals surface area contributed by atoms with Gasteiger partial charge in [0.2, 0.25) is 0 Å². The Labute approximate surface area is 200 Å². The first kappa shape index (κ1) is 23.3. The molecule has 3 aromatic rings. The fourth-order valence-electron chi connectivity index (χ4n) is 3.54. The third kappa shape index (κ3) is 4.58. The quantitative estimate of drug-likeness (QED) is 0.203. The lowest BCUT2D eigenvalue weighted by molar-refractivity contribution is 0.0474. The van der Waals surface area contributed by atoms with Crippen LogP contribution in [0, 0.1) is 0 Å². The molecule has 7 nitrogen and oxygen atoms in total. The molecule has 172 valence electrons. The number of hydrogen-bond donors (Lipinski definition) is 0. The molecule has 0 radical (unpaired) electrons. The standard InChI is InChI=1S/C26H21NO6S/c1-3-32-19-9-7-18(8-10-19)27-24(29)21-13-6-17(14-22(21)25(27)30)26(31)33-15-23(28)16-4-11-20(34-2)12-5-16/h4-14H,3,15H2,1-2H3. The van der Waals surface area contributed by atoms with Gasteiger partial charge in [0, 0.05) is 10.5 Å². The van der Waals surface area contributed by atoms with E-state index in [9.17, 15) is 19.2 Å². The Bertz CT molecular complexity index is 1270. The molecular formula is C26H21NO6S. The summed E-state index contributed by atoms with van der Waals surface area (Å²) in [5, 5.41) is 0. The molecule has 1 aliphatic heterocycles. The zero-order valence-corrected chi connectivity index (χ0v) is 19.4. The molecule has 8 heteroatoms. The first-order chi connectivity index (χ1) is 16.4. The fourth-order valence-corrected chi connectivity index (χ4v) is 3.94. The van der Waals surface area contributed by atoms with Crippen molar-refractivity contribution >= 4 is 41.0 Å². The van der Waals surface area contributed by atoms with Crippen molar-refractivity contribution in [2.45, 2.75) is 11.8 Å². The number of carbonyl (C=O) groups excluding carboxylic acids is 4. The molecule has 0 atom stereocenters. The van der Waals surface area contributed by atoms with Gasteiger partial charge >= 0.3 is 5.97 Å². The summed E-state index contributed by atoms with van der Waals surface area (Å²) in [6.45, 7) is 1.93. The number of rotatable bonds is 8. The number of nitrogens with zero attached hydrogens (tertiary/aromatic N) is 1. The van der Waals surface area contributed by atoms with Crippen molar-refractivity contribution in [3.63, 3.8) is 0 Å². The Morgan fingerprint density at radius 1 is 0.853 bits per heavy atom. The minimum Gasteiger partial charge on any atom is -0.494 e. The summed E-state index contributed by atoms with van der Waals surface area (Å²) in [5.41, 5.74) is 1.22. The topological polar surface area (TPSA) is 90.0 Å². The van der Waals surface area contributed by atoms with Crippen molar-refractivity contribution in [1.29, 1.82) is 0 Å². The molecule has 0 spiro atoms. The molecule has 0 saturated carbocycles. The monoisotopic (exact) mass is 475 g/mol. The Morgan fingerprint density at radius 3 is 2.15 bits per heavy atom. The number of ether oxygens (including phenoxy) is 2. The summed E-state index contributed by atoms with van der Waals surface area (Å²) >= 11 is 1.56. The third-order valence-corrected chi connectivity index (χ3v) is 6.02. The van der Waals surface area contributed by atoms with E-state index in [2.05, 4.69) is 0 Å². The van der Waals surface area contributed by atoms with Gasteiger partial charge in [0.25, 0.3) is 11.8 Å². The number of amides is 2. The molecule has 2 amide bonds. The second-order valence-electron chi connectivity index (χ2n) is 7.36. The van der Waals surface area contributed by atoms with Crippen LogP contribution in [0.5, 0.6) is 5.75 Å². The highest BCUT2D eigenvalue weighted by molar-refractivity contribution is 7.98. The molecule has 0 unspecified atom stereocenters. The highest BCUT2D eigenvalue weighted by Gasteiger charge is 2.37. The molecule has 0 N–H and O–H groups in total. The van der Waals surface area contributed by atoms with Crippen LogP contribution >= 0.6 is 11.8 Å². The zero-order chi connectivity index (χ0) is 24.2. The molecule has 3 aromatic carbocycles. The second-order valence-corrected chi connectivity index (χ2v) is 8.24. The number of anilines is 1. The van der Waals surface area contributed by atoms with Gasteiger partial charge in [0.05, 0.1) is 29.0 Å². The van der Waals surface area contributed by atoms with Crippen molar-refractivity contribution in [3.8, 4) is 5.75 Å². The SMILES string of the molecule is CCOc1ccc(N2C(=O)c3ccc(C(=O)OCC(=O)c4ccc(SC)cc4)cc3C2=O)cc1. The Morgan fingerprint density at radius 2 is 1.50 bits per heavy atom. The summed E-state index contributed by atoms with van der Waals surface area (Å²) in [6, 6.07) is 17.7. The minimum atomic E-state index is -0.753. The van der Waals surface area contributed by atoms with Crippen LogP contribution in [0.2, 0.25) is 0 Å². The lowest BCUT2D eigenvalue weighted by atomic mass is 10.1. The lowest BCUT2D eigenvalue weighted by Crippen LogP contribution is -2.29. The van der Waals surface area contributed by atoms with E-state index < -0.39 is 24.4 Å². The second kappa shape index (κ2) is 9.93. The number of benzene rings is 3. The van der Waals surface area contributed by atoms with E-state index >= 15 is 0 Å². The third-order valence-electron chi connectivity index (χ3n) is 5.27. The van der Waals surface area contributed by atoms with Crippen LogP contribution < -0.4 is 9.64 Å². The largest absolute Gasteiger partial charge is 0.494 e. The number of imide groups is 1. The first-order valence-corrected chi connectivity index (χ1v) is 11.8. The number of hydrogen-bond acceptors (Lipinski definition) is 7. The van der Waals surface area contributed by atoms with Crippen LogP contribution in [0.15, 0.2) is 71.6 Å². The molecule has 0 saturated heterocycles. The predicted octanol–water partition coefficient (Wildman–Crippen LogP) is 4.65. The van der Waals surface area contributed by atoms with Crippen LogP contribution in [-0.4, -0.2) is 43.0 Å². The summed E-state index contributed by atoms with van der Waals surface area (Å²) in [5.74, 6) is -1.48. The van der Waals surface area contributed by atoms with Gasteiger partial charge < -0.3 is 9.47 Å². The molecule has 0 bridgehead atoms. The maximum Gasteiger partial charge on any atom is 0.338 e. The van der Waals surface area contributed by atoms with Crippen molar-refractivity contribution < 1.29 is 28.7 Å². The summed E-state index contributed by atoms with van der Waals surface area (Å²) in [6.07, 6.45) is 1.94. The number of carbonyl (C=O) groups is 4. The van der Waals surface area contributed by atoms with E-state index in [1.165, 1.54) is 18.2 Å². The van der Waals surface area contributed by atoms with Crippen molar-refractivity contribution in [2.24, 2.45) is 0 Å². The molecule has 34 heavy (non-hydrogen) atoms. The molecule has 1 heterocycles.